The van der Waals surface area contributed by atoms with Crippen LogP contribution in [-0.4, -0.2) is 136 Å². The number of anilines is 2. The highest BCUT2D eigenvalue weighted by Crippen LogP contribution is 2.49. The topological polar surface area (TPSA) is 262 Å². The minimum Gasteiger partial charge on any atom is -0.496 e. The van der Waals surface area contributed by atoms with Crippen molar-refractivity contribution in [3.05, 3.63) is 130 Å². The van der Waals surface area contributed by atoms with E-state index in [1.807, 2.05) is 107 Å². The second-order valence-corrected chi connectivity index (χ2v) is 19.5. The number of aryl methyl sites for hydroxylation is 4. The maximum atomic E-state index is 14.4. The molecule has 8 heterocycles. The molecule has 9 aromatic rings. The van der Waals surface area contributed by atoms with Gasteiger partial charge in [-0.05, 0) is 90.1 Å². The zero-order valence-corrected chi connectivity index (χ0v) is 46.4. The summed E-state index contributed by atoms with van der Waals surface area (Å²) >= 11 is 0. The highest BCUT2D eigenvalue weighted by molar-refractivity contribution is 6.06. The molecule has 0 saturated heterocycles. The number of carbonyl (C=O) groups excluding carboxylic acids is 2. The molecule has 23 nitrogen and oxygen atoms in total. The van der Waals surface area contributed by atoms with Gasteiger partial charge in [0.2, 0.25) is 18.2 Å². The smallest absolute Gasteiger partial charge is 0.330 e. The third-order valence-corrected chi connectivity index (χ3v) is 14.5. The number of hydrogen-bond acceptors (Lipinski definition) is 19. The summed E-state index contributed by atoms with van der Waals surface area (Å²) in [4.78, 5) is 63.4. The second-order valence-electron chi connectivity index (χ2n) is 19.5. The van der Waals surface area contributed by atoms with Crippen molar-refractivity contribution in [1.29, 1.82) is 0 Å². The zero-order chi connectivity index (χ0) is 56.9. The largest absolute Gasteiger partial charge is 0.496 e. The Morgan fingerprint density at radius 3 is 1.72 bits per heavy atom. The van der Waals surface area contributed by atoms with Gasteiger partial charge in [-0.25, -0.2) is 4.79 Å². The number of methoxy groups -OCH3 is 2. The Morgan fingerprint density at radius 2 is 1.19 bits per heavy atom. The van der Waals surface area contributed by atoms with E-state index in [0.29, 0.717) is 85.5 Å². The van der Waals surface area contributed by atoms with Gasteiger partial charge in [0.1, 0.15) is 36.1 Å². The summed E-state index contributed by atoms with van der Waals surface area (Å²) in [5.74, 6) is 1.70. The van der Waals surface area contributed by atoms with E-state index in [2.05, 4.69) is 30.9 Å². The maximum Gasteiger partial charge on any atom is 0.330 e. The summed E-state index contributed by atoms with van der Waals surface area (Å²) in [7, 11) is 3.18. The number of ether oxygens (including phenoxy) is 5. The molecule has 1 unspecified atom stereocenters. The monoisotopic (exact) mass is 1100 g/mol. The van der Waals surface area contributed by atoms with Gasteiger partial charge in [0.15, 0.2) is 0 Å². The molecule has 23 heteroatoms. The third-order valence-electron chi connectivity index (χ3n) is 14.5. The molecule has 422 valence electrons. The molecule has 1 aliphatic rings. The average molecular weight is 1110 g/mol. The van der Waals surface area contributed by atoms with E-state index in [1.165, 1.54) is 4.57 Å². The molecule has 2 amide bonds. The van der Waals surface area contributed by atoms with Crippen molar-refractivity contribution in [3.8, 4) is 33.8 Å². The number of benzene rings is 2. The predicted octanol–water partition coefficient (Wildman–Crippen LogP) is 6.51. The summed E-state index contributed by atoms with van der Waals surface area (Å²) in [5.41, 5.74) is 9.15. The van der Waals surface area contributed by atoms with Crippen LogP contribution in [-0.2, 0) is 30.3 Å². The Balaban J connectivity index is 0.684. The molecule has 3 atom stereocenters. The van der Waals surface area contributed by atoms with E-state index in [0.717, 1.165) is 33.3 Å². The van der Waals surface area contributed by atoms with Gasteiger partial charge >= 0.3 is 5.69 Å². The molecule has 81 heavy (non-hydrogen) atoms. The van der Waals surface area contributed by atoms with Crippen molar-refractivity contribution in [2.45, 2.75) is 66.5 Å². The molecular weight excluding hydrogens is 1040 g/mol. The number of aliphatic hydroxyl groups is 1. The minimum atomic E-state index is -1.23. The van der Waals surface area contributed by atoms with Crippen LogP contribution in [0.4, 0.5) is 11.4 Å². The lowest BCUT2D eigenvalue weighted by molar-refractivity contribution is -0.122. The van der Waals surface area contributed by atoms with Crippen molar-refractivity contribution >= 4 is 56.0 Å². The van der Waals surface area contributed by atoms with Crippen molar-refractivity contribution in [3.63, 3.8) is 0 Å². The molecule has 2 aromatic carbocycles. The SMILES string of the molecule is COc1cc2c3c(cnc2cc1-c1c(C)noc1C)N(CC(=O)NCCOCCOCCOCCNC(=O)Cn1c(=O)n([C@H](C)c2ccccn2)c2c4cc(OC)c(-c5c(C)noc5C)cc4ncc21)C(O)N3[C@H](C)c1ccccn1. The molecule has 7 aromatic heterocycles. The van der Waals surface area contributed by atoms with E-state index < -0.39 is 24.1 Å². The Morgan fingerprint density at radius 1 is 0.667 bits per heavy atom. The number of carbonyl (C=O) groups is 2. The minimum absolute atomic E-state index is 0.162. The number of imidazole rings is 1. The number of nitrogens with zero attached hydrogens (tertiary/aromatic N) is 10. The van der Waals surface area contributed by atoms with Crippen LogP contribution in [0.5, 0.6) is 11.5 Å². The zero-order valence-electron chi connectivity index (χ0n) is 46.4. The lowest BCUT2D eigenvalue weighted by Crippen LogP contribution is -2.48. The first-order valence-electron chi connectivity index (χ1n) is 26.6. The summed E-state index contributed by atoms with van der Waals surface area (Å²) in [6, 6.07) is 17.8. The Kier molecular flexibility index (Phi) is 16.7. The van der Waals surface area contributed by atoms with Crippen LogP contribution in [0.15, 0.2) is 99.3 Å². The van der Waals surface area contributed by atoms with Gasteiger partial charge in [0.25, 0.3) is 0 Å². The van der Waals surface area contributed by atoms with Crippen LogP contribution < -0.4 is 35.6 Å². The van der Waals surface area contributed by atoms with Crippen molar-refractivity contribution < 1.29 is 47.4 Å². The molecular formula is C58H64N12O11. The third kappa shape index (κ3) is 11.1. The van der Waals surface area contributed by atoms with Crippen molar-refractivity contribution in [1.82, 2.24) is 50.0 Å². The number of aromatic nitrogens is 8. The molecule has 0 radical (unpaired) electrons. The van der Waals surface area contributed by atoms with E-state index in [-0.39, 0.29) is 71.0 Å². The average Bonchev–Trinajstić information content (AvgIpc) is 4.34. The number of nitrogens with one attached hydrogen (secondary N) is 2. The summed E-state index contributed by atoms with van der Waals surface area (Å²) < 4.78 is 42.9. The number of amides is 2. The fraction of sp³-hybridized carbons (Fsp3) is 0.362. The first-order chi connectivity index (χ1) is 39.3. The first kappa shape index (κ1) is 55.5. The van der Waals surface area contributed by atoms with Gasteiger partial charge < -0.3 is 58.3 Å². The Labute approximate surface area is 465 Å². The van der Waals surface area contributed by atoms with E-state index >= 15 is 0 Å². The number of aliphatic hydroxyl groups excluding tert-OH is 1. The molecule has 0 aliphatic carbocycles. The van der Waals surface area contributed by atoms with Crippen LogP contribution in [0.3, 0.4) is 0 Å². The van der Waals surface area contributed by atoms with Gasteiger partial charge in [-0.15, -0.1) is 0 Å². The van der Waals surface area contributed by atoms with E-state index in [4.69, 9.17) is 42.7 Å². The fourth-order valence-corrected chi connectivity index (χ4v) is 10.6. The molecule has 0 fully saturated rings. The quantitative estimate of drug-likeness (QED) is 0.0545. The molecule has 3 N–H and O–H groups in total. The highest BCUT2D eigenvalue weighted by atomic mass is 16.5. The maximum absolute atomic E-state index is 14.4. The number of pyridine rings is 4. The van der Waals surface area contributed by atoms with Crippen LogP contribution in [0.25, 0.3) is 55.1 Å². The molecule has 10 rings (SSSR count). The number of rotatable bonds is 24. The second kappa shape index (κ2) is 24.3. The summed E-state index contributed by atoms with van der Waals surface area (Å²) in [5, 5.41) is 27.4. The molecule has 0 spiro atoms. The van der Waals surface area contributed by atoms with E-state index in [9.17, 15) is 19.5 Å². The number of fused-ring (bicyclic) bond motifs is 6. The Bertz CT molecular complexity index is 3750. The van der Waals surface area contributed by atoms with Crippen molar-refractivity contribution in [2.75, 3.05) is 83.3 Å². The van der Waals surface area contributed by atoms with Gasteiger partial charge in [-0.2, -0.15) is 0 Å². The van der Waals surface area contributed by atoms with Crippen LogP contribution >= 0.6 is 0 Å². The highest BCUT2D eigenvalue weighted by Gasteiger charge is 2.41. The fourth-order valence-electron chi connectivity index (χ4n) is 10.6. The molecule has 0 bridgehead atoms. The van der Waals surface area contributed by atoms with Gasteiger partial charge in [0, 0.05) is 47.4 Å². The van der Waals surface area contributed by atoms with E-state index in [1.54, 1.807) is 48.5 Å². The van der Waals surface area contributed by atoms with Gasteiger partial charge in [-0.1, -0.05) is 22.4 Å². The molecule has 1 aliphatic heterocycles. The van der Waals surface area contributed by atoms with Crippen LogP contribution in [0.2, 0.25) is 0 Å². The first-order valence-corrected chi connectivity index (χ1v) is 26.6. The Hall–Kier alpha value is -8.77. The number of hydrogen-bond donors (Lipinski definition) is 3. The van der Waals surface area contributed by atoms with Crippen LogP contribution in [0, 0.1) is 27.7 Å². The van der Waals surface area contributed by atoms with Crippen LogP contribution in [0.1, 0.15) is 60.2 Å². The molecule has 0 saturated carbocycles. The normalized spacial score (nSPS) is 14.0. The van der Waals surface area contributed by atoms with Crippen molar-refractivity contribution in [2.24, 2.45) is 0 Å². The lowest BCUT2D eigenvalue weighted by atomic mass is 9.99. The summed E-state index contributed by atoms with van der Waals surface area (Å²) in [6.07, 6.45) is 5.44. The lowest BCUT2D eigenvalue weighted by Gasteiger charge is -2.32. The standard InChI is InChI=1S/C58H64N12O11/c1-33-53(37(5)80-65-33)41-25-45-39(27-49(41)75-7)55-47(29-63-45)67(57(73)69(55)35(3)43-13-9-11-15-59-43)31-51(71)61-17-19-77-21-23-79-24-22-78-20-18-62-52(72)32-68-48-30-64-46-26-42(54-34(2)66-81-38(54)6)50(76-8)28-40(46)56(48)70(58(68)74)36(4)44-14-10-12-16-60-44/h9-16,25-30,35-36,57,73H,17-24,31-32H2,1-8H3,(H,61,71)(H,62,72)/t35-,36-,57?/m1/s1. The summed E-state index contributed by atoms with van der Waals surface area (Å²) in [6.45, 7) is 12.9. The van der Waals surface area contributed by atoms with Gasteiger partial charge in [0.05, 0.1) is 146 Å². The predicted molar refractivity (Wildman–Crippen MR) is 301 cm³/mol. The van der Waals surface area contributed by atoms with Gasteiger partial charge in [-0.3, -0.25) is 38.7 Å².